The van der Waals surface area contributed by atoms with Crippen LogP contribution in [0.1, 0.15) is 11.4 Å². The Balaban J connectivity index is 1.68. The van der Waals surface area contributed by atoms with E-state index in [1.807, 2.05) is 10.8 Å². The summed E-state index contributed by atoms with van der Waals surface area (Å²) in [6, 6.07) is 7.10. The first-order valence-corrected chi connectivity index (χ1v) is 16.7. The highest BCUT2D eigenvalue weighted by atomic mass is 35.5. The molecule has 1 N–H and O–H groups in total. The van der Waals surface area contributed by atoms with Gasteiger partial charge >= 0.3 is 6.01 Å². The summed E-state index contributed by atoms with van der Waals surface area (Å²) in [7, 11) is -1.24. The first-order valence-electron chi connectivity index (χ1n) is 11.8. The van der Waals surface area contributed by atoms with Crippen molar-refractivity contribution < 1.29 is 19.0 Å². The quantitative estimate of drug-likeness (QED) is 0.190. The lowest BCUT2D eigenvalue weighted by molar-refractivity contribution is 0.0855. The van der Waals surface area contributed by atoms with Gasteiger partial charge in [-0.3, -0.25) is 9.55 Å². The minimum absolute atomic E-state index is 0.0257. The number of hydrogen-bond donors (Lipinski definition) is 1. The molecule has 200 valence electrons. The normalized spacial score (nSPS) is 12.2. The standard InChI is InChI=1S/C25H28ClFN6O3SSi/c1-16-10-20(31-24(30-16)36-23-18(26)6-5-7-19(23)27)21-13-33(15-35-8-9-38(2,3)4)25(37-21)32-22-12-28-17(14-34)11-29-22/h5-7,10-13,34H,8-9,14-15H2,1-4H3/b32-25-. The molecule has 0 spiro atoms. The number of benzene rings is 1. The van der Waals surface area contributed by atoms with E-state index in [4.69, 9.17) is 21.1 Å². The van der Waals surface area contributed by atoms with Crippen LogP contribution >= 0.6 is 22.9 Å². The zero-order valence-corrected chi connectivity index (χ0v) is 24.1. The summed E-state index contributed by atoms with van der Waals surface area (Å²) in [6.45, 7) is 9.43. The first kappa shape index (κ1) is 28.0. The lowest BCUT2D eigenvalue weighted by atomic mass is 10.3. The fourth-order valence-corrected chi connectivity index (χ4v) is 5.10. The zero-order chi connectivity index (χ0) is 27.3. The molecule has 0 atom stereocenters. The SMILES string of the molecule is Cc1cc(-c2cn(COCC[Si](C)(C)C)/c(=N/c3cnc(CO)cn3)s2)nc(Oc2c(F)cccc2Cl)n1. The van der Waals surface area contributed by atoms with Crippen LogP contribution in [-0.2, 0) is 18.1 Å². The smallest absolute Gasteiger partial charge is 0.322 e. The van der Waals surface area contributed by atoms with Crippen LogP contribution in [0.2, 0.25) is 30.7 Å². The van der Waals surface area contributed by atoms with Crippen molar-refractivity contribution in [3.8, 4) is 22.3 Å². The number of aromatic nitrogens is 5. The molecule has 0 aliphatic heterocycles. The van der Waals surface area contributed by atoms with Crippen LogP contribution in [0.25, 0.3) is 10.6 Å². The summed E-state index contributed by atoms with van der Waals surface area (Å²) in [5, 5.41) is 9.36. The zero-order valence-electron chi connectivity index (χ0n) is 21.5. The molecular formula is C25H28ClFN6O3SSi. The van der Waals surface area contributed by atoms with Gasteiger partial charge in [-0.05, 0) is 31.2 Å². The maximum Gasteiger partial charge on any atom is 0.322 e. The van der Waals surface area contributed by atoms with Crippen molar-refractivity contribution in [1.82, 2.24) is 24.5 Å². The second kappa shape index (κ2) is 12.2. The molecule has 0 amide bonds. The second-order valence-electron chi connectivity index (χ2n) is 9.66. The molecule has 3 heterocycles. The Morgan fingerprint density at radius 1 is 1.18 bits per heavy atom. The van der Waals surface area contributed by atoms with E-state index in [9.17, 15) is 9.50 Å². The maximum absolute atomic E-state index is 14.3. The maximum atomic E-state index is 14.3. The van der Waals surface area contributed by atoms with Crippen molar-refractivity contribution in [3.63, 3.8) is 0 Å². The number of halogens is 2. The Bertz CT molecular complexity index is 1450. The van der Waals surface area contributed by atoms with Crippen LogP contribution < -0.4 is 9.54 Å². The number of aliphatic hydroxyl groups is 1. The van der Waals surface area contributed by atoms with Crippen LogP contribution in [0.4, 0.5) is 10.2 Å². The van der Waals surface area contributed by atoms with Crippen molar-refractivity contribution in [3.05, 3.63) is 69.9 Å². The van der Waals surface area contributed by atoms with Crippen LogP contribution in [0.3, 0.4) is 0 Å². The van der Waals surface area contributed by atoms with Gasteiger partial charge in [0.25, 0.3) is 0 Å². The van der Waals surface area contributed by atoms with Crippen molar-refractivity contribution in [2.75, 3.05) is 6.61 Å². The molecule has 3 aromatic heterocycles. The average Bonchev–Trinajstić information content (AvgIpc) is 3.26. The van der Waals surface area contributed by atoms with Gasteiger partial charge in [-0.25, -0.2) is 14.4 Å². The van der Waals surface area contributed by atoms with Crippen molar-refractivity contribution in [2.45, 2.75) is 45.9 Å². The molecule has 4 aromatic rings. The summed E-state index contributed by atoms with van der Waals surface area (Å²) < 4.78 is 27.8. The molecule has 0 fully saturated rings. The molecule has 4 rings (SSSR count). The number of thiazole rings is 1. The van der Waals surface area contributed by atoms with Crippen molar-refractivity contribution in [1.29, 1.82) is 0 Å². The molecule has 13 heteroatoms. The average molecular weight is 575 g/mol. The Kier molecular flexibility index (Phi) is 9.00. The summed E-state index contributed by atoms with van der Waals surface area (Å²) in [6.07, 6.45) is 4.86. The number of ether oxygens (including phenoxy) is 2. The molecule has 0 bridgehead atoms. The topological polar surface area (TPSA) is 108 Å². The summed E-state index contributed by atoms with van der Waals surface area (Å²) in [4.78, 5) is 23.2. The van der Waals surface area contributed by atoms with Crippen LogP contribution in [0, 0.1) is 12.7 Å². The highest BCUT2D eigenvalue weighted by molar-refractivity contribution is 7.12. The van der Waals surface area contributed by atoms with Gasteiger partial charge in [-0.2, -0.15) is 9.98 Å². The van der Waals surface area contributed by atoms with Gasteiger partial charge < -0.3 is 14.6 Å². The van der Waals surface area contributed by atoms with Gasteiger partial charge in [-0.1, -0.05) is 48.6 Å². The van der Waals surface area contributed by atoms with Crippen molar-refractivity contribution in [2.24, 2.45) is 4.99 Å². The van der Waals surface area contributed by atoms with E-state index in [0.717, 1.165) is 10.9 Å². The fourth-order valence-electron chi connectivity index (χ4n) is 3.19. The molecule has 0 radical (unpaired) electrons. The highest BCUT2D eigenvalue weighted by Gasteiger charge is 2.16. The predicted molar refractivity (Wildman–Crippen MR) is 147 cm³/mol. The lowest BCUT2D eigenvalue weighted by Gasteiger charge is -2.15. The van der Waals surface area contributed by atoms with Gasteiger partial charge in [0.05, 0.1) is 40.3 Å². The molecule has 9 nitrogen and oxygen atoms in total. The van der Waals surface area contributed by atoms with E-state index in [1.54, 1.807) is 13.0 Å². The van der Waals surface area contributed by atoms with Crippen LogP contribution in [0.5, 0.6) is 11.8 Å². The summed E-state index contributed by atoms with van der Waals surface area (Å²) in [5.74, 6) is -0.352. The number of hydrogen-bond acceptors (Lipinski definition) is 9. The Morgan fingerprint density at radius 2 is 2.00 bits per heavy atom. The van der Waals surface area contributed by atoms with E-state index < -0.39 is 13.9 Å². The number of nitrogens with zero attached hydrogens (tertiary/aromatic N) is 6. The third-order valence-corrected chi connectivity index (χ3v) is 8.25. The Hall–Kier alpha value is -3.03. The monoisotopic (exact) mass is 574 g/mol. The van der Waals surface area contributed by atoms with E-state index in [2.05, 4.69) is 44.6 Å². The summed E-state index contributed by atoms with van der Waals surface area (Å²) >= 11 is 7.49. The minimum Gasteiger partial charge on any atom is -0.420 e. The highest BCUT2D eigenvalue weighted by Crippen LogP contribution is 2.32. The Labute approximate surface area is 229 Å². The summed E-state index contributed by atoms with van der Waals surface area (Å²) in [5.41, 5.74) is 1.66. The molecule has 1 aromatic carbocycles. The number of aryl methyl sites for hydroxylation is 1. The van der Waals surface area contributed by atoms with E-state index >= 15 is 0 Å². The van der Waals surface area contributed by atoms with E-state index in [0.29, 0.717) is 41.0 Å². The fraction of sp³-hybridized carbons (Fsp3) is 0.320. The Morgan fingerprint density at radius 3 is 2.68 bits per heavy atom. The van der Waals surface area contributed by atoms with Gasteiger partial charge in [0.2, 0.25) is 0 Å². The molecular weight excluding hydrogens is 547 g/mol. The minimum atomic E-state index is -1.24. The molecule has 0 aliphatic rings. The van der Waals surface area contributed by atoms with Gasteiger partial charge in [0.15, 0.2) is 22.2 Å². The number of aliphatic hydroxyl groups excluding tert-OH is 1. The molecule has 0 saturated heterocycles. The van der Waals surface area contributed by atoms with Crippen molar-refractivity contribution >= 4 is 36.8 Å². The number of para-hydroxylation sites is 1. The van der Waals surface area contributed by atoms with E-state index in [-0.39, 0.29) is 23.4 Å². The second-order valence-corrected chi connectivity index (χ2v) is 16.7. The van der Waals surface area contributed by atoms with Crippen LogP contribution in [-0.4, -0.2) is 44.3 Å². The third kappa shape index (κ3) is 7.51. The first-order chi connectivity index (χ1) is 18.1. The van der Waals surface area contributed by atoms with Gasteiger partial charge in [0.1, 0.15) is 6.73 Å². The largest absolute Gasteiger partial charge is 0.420 e. The molecule has 38 heavy (non-hydrogen) atoms. The molecule has 0 aliphatic carbocycles. The van der Waals surface area contributed by atoms with E-state index in [1.165, 1.54) is 41.9 Å². The van der Waals surface area contributed by atoms with Gasteiger partial charge in [0, 0.05) is 26.6 Å². The number of rotatable bonds is 10. The van der Waals surface area contributed by atoms with Crippen LogP contribution in [0.15, 0.2) is 47.8 Å². The molecule has 0 saturated carbocycles. The molecule has 0 unspecified atom stereocenters. The lowest BCUT2D eigenvalue weighted by Crippen LogP contribution is -2.23. The predicted octanol–water partition coefficient (Wildman–Crippen LogP) is 5.73. The van der Waals surface area contributed by atoms with Gasteiger partial charge in [-0.15, -0.1) is 0 Å². The third-order valence-electron chi connectivity index (χ3n) is 5.21.